The minimum absolute atomic E-state index is 0.0357. The predicted octanol–water partition coefficient (Wildman–Crippen LogP) is 1.74. The molecule has 1 heterocycles. The highest BCUT2D eigenvalue weighted by atomic mass is 79.9. The zero-order chi connectivity index (χ0) is 15.6. The molecular weight excluding hydrogens is 340 g/mol. The van der Waals surface area contributed by atoms with E-state index in [1.807, 2.05) is 31.2 Å². The zero-order valence-electron chi connectivity index (χ0n) is 11.5. The molecule has 0 aromatic heterocycles. The molecule has 0 saturated carbocycles. The van der Waals surface area contributed by atoms with Crippen molar-refractivity contribution >= 4 is 27.9 Å². The maximum absolute atomic E-state index is 12.2. The van der Waals surface area contributed by atoms with Gasteiger partial charge in [-0.05, 0) is 24.6 Å². The molecule has 1 aromatic carbocycles. The number of carbonyl (C=O) groups is 2. The van der Waals surface area contributed by atoms with Gasteiger partial charge >= 0.3 is 12.0 Å². The van der Waals surface area contributed by atoms with E-state index in [0.29, 0.717) is 0 Å². The van der Waals surface area contributed by atoms with Gasteiger partial charge in [0.15, 0.2) is 0 Å². The SMILES string of the molecule is CC(NC(=O)N1C[C@@H](O)C[C@H]1C(=O)O)c1cccc(Br)c1. The summed E-state index contributed by atoms with van der Waals surface area (Å²) in [4.78, 5) is 24.5. The minimum atomic E-state index is -1.10. The normalized spacial score (nSPS) is 22.9. The van der Waals surface area contributed by atoms with Crippen molar-refractivity contribution in [1.29, 1.82) is 0 Å². The largest absolute Gasteiger partial charge is 0.480 e. The van der Waals surface area contributed by atoms with Crippen molar-refractivity contribution in [1.82, 2.24) is 10.2 Å². The fourth-order valence-corrected chi connectivity index (χ4v) is 2.82. The van der Waals surface area contributed by atoms with E-state index in [1.165, 1.54) is 4.90 Å². The van der Waals surface area contributed by atoms with Gasteiger partial charge in [-0.15, -0.1) is 0 Å². The van der Waals surface area contributed by atoms with E-state index in [-0.39, 0.29) is 19.0 Å². The standard InChI is InChI=1S/C14H17BrN2O4/c1-8(9-3-2-4-10(15)5-9)16-14(21)17-7-11(18)6-12(17)13(19)20/h2-5,8,11-12,18H,6-7H2,1H3,(H,16,21)(H,19,20)/t8?,11-,12-/m0/s1. The van der Waals surface area contributed by atoms with Crippen LogP contribution in [0.4, 0.5) is 4.79 Å². The fourth-order valence-electron chi connectivity index (χ4n) is 2.40. The van der Waals surface area contributed by atoms with E-state index in [0.717, 1.165) is 10.0 Å². The van der Waals surface area contributed by atoms with Crippen LogP contribution in [0.15, 0.2) is 28.7 Å². The molecule has 7 heteroatoms. The fraction of sp³-hybridized carbons (Fsp3) is 0.429. The monoisotopic (exact) mass is 356 g/mol. The predicted molar refractivity (Wildman–Crippen MR) is 79.8 cm³/mol. The average molecular weight is 357 g/mol. The number of benzene rings is 1. The Bertz CT molecular complexity index is 552. The quantitative estimate of drug-likeness (QED) is 0.769. The second-order valence-electron chi connectivity index (χ2n) is 5.12. The number of hydrogen-bond acceptors (Lipinski definition) is 3. The Balaban J connectivity index is 2.05. The van der Waals surface area contributed by atoms with E-state index in [2.05, 4.69) is 21.2 Å². The van der Waals surface area contributed by atoms with Gasteiger partial charge in [0.2, 0.25) is 0 Å². The summed E-state index contributed by atoms with van der Waals surface area (Å²) in [5.41, 5.74) is 0.907. The number of carboxylic acids is 1. The second-order valence-corrected chi connectivity index (χ2v) is 6.04. The van der Waals surface area contributed by atoms with Crippen LogP contribution in [0.1, 0.15) is 24.9 Å². The summed E-state index contributed by atoms with van der Waals surface area (Å²) in [5, 5.41) is 21.4. The summed E-state index contributed by atoms with van der Waals surface area (Å²) in [6, 6.07) is 5.79. The van der Waals surface area contributed by atoms with Crippen molar-refractivity contribution in [3.8, 4) is 0 Å². The third kappa shape index (κ3) is 3.74. The lowest BCUT2D eigenvalue weighted by Crippen LogP contribution is -2.46. The summed E-state index contributed by atoms with van der Waals surface area (Å²) in [6.45, 7) is 1.86. The number of nitrogens with one attached hydrogen (secondary N) is 1. The summed E-state index contributed by atoms with van der Waals surface area (Å²) < 4.78 is 0.904. The Kier molecular flexibility index (Phi) is 4.84. The summed E-state index contributed by atoms with van der Waals surface area (Å²) in [6.07, 6.45) is -0.730. The van der Waals surface area contributed by atoms with Crippen LogP contribution in [0.2, 0.25) is 0 Å². The molecule has 1 saturated heterocycles. The van der Waals surface area contributed by atoms with Crippen LogP contribution >= 0.6 is 15.9 Å². The number of amides is 2. The first-order valence-corrected chi connectivity index (χ1v) is 7.41. The molecule has 6 nitrogen and oxygen atoms in total. The highest BCUT2D eigenvalue weighted by Crippen LogP contribution is 2.21. The lowest BCUT2D eigenvalue weighted by Gasteiger charge is -2.24. The molecule has 0 spiro atoms. The molecule has 3 N–H and O–H groups in total. The molecule has 0 aliphatic carbocycles. The zero-order valence-corrected chi connectivity index (χ0v) is 13.1. The first-order chi connectivity index (χ1) is 9.88. The number of nitrogens with zero attached hydrogens (tertiary/aromatic N) is 1. The molecule has 1 unspecified atom stereocenters. The number of aliphatic hydroxyl groups is 1. The van der Waals surface area contributed by atoms with Crippen molar-refractivity contribution < 1.29 is 19.8 Å². The van der Waals surface area contributed by atoms with Crippen LogP contribution in [-0.2, 0) is 4.79 Å². The molecule has 114 valence electrons. The van der Waals surface area contributed by atoms with Crippen LogP contribution in [-0.4, -0.2) is 45.8 Å². The first kappa shape index (κ1) is 15.8. The van der Waals surface area contributed by atoms with Gasteiger partial charge in [0.1, 0.15) is 6.04 Å². The van der Waals surface area contributed by atoms with Gasteiger partial charge in [0.05, 0.1) is 12.1 Å². The maximum Gasteiger partial charge on any atom is 0.326 e. The Morgan fingerprint density at radius 2 is 2.19 bits per heavy atom. The number of aliphatic hydroxyl groups excluding tert-OH is 1. The third-order valence-electron chi connectivity index (χ3n) is 3.51. The molecule has 1 aliphatic heterocycles. The number of aliphatic carboxylic acids is 1. The smallest absolute Gasteiger partial charge is 0.326 e. The second kappa shape index (κ2) is 6.44. The molecular formula is C14H17BrN2O4. The van der Waals surface area contributed by atoms with Crippen LogP contribution in [0.3, 0.4) is 0 Å². The van der Waals surface area contributed by atoms with Crippen molar-refractivity contribution in [2.45, 2.75) is 31.5 Å². The van der Waals surface area contributed by atoms with Gasteiger partial charge in [-0.1, -0.05) is 28.1 Å². The summed E-state index contributed by atoms with van der Waals surface area (Å²) >= 11 is 3.37. The topological polar surface area (TPSA) is 89.9 Å². The van der Waals surface area contributed by atoms with Gasteiger partial charge < -0.3 is 20.4 Å². The van der Waals surface area contributed by atoms with Crippen molar-refractivity contribution in [2.75, 3.05) is 6.54 Å². The number of carboxylic acid groups (broad SMARTS) is 1. The molecule has 2 rings (SSSR count). The minimum Gasteiger partial charge on any atom is -0.480 e. The number of likely N-dealkylation sites (tertiary alicyclic amines) is 1. The molecule has 0 bridgehead atoms. The Hall–Kier alpha value is -1.60. The van der Waals surface area contributed by atoms with Crippen LogP contribution in [0.5, 0.6) is 0 Å². The Morgan fingerprint density at radius 1 is 1.48 bits per heavy atom. The first-order valence-electron chi connectivity index (χ1n) is 6.62. The molecule has 3 atom stereocenters. The van der Waals surface area contributed by atoms with Crippen LogP contribution < -0.4 is 5.32 Å². The molecule has 21 heavy (non-hydrogen) atoms. The van der Waals surface area contributed by atoms with Gasteiger partial charge in [-0.25, -0.2) is 9.59 Å². The Morgan fingerprint density at radius 3 is 2.81 bits per heavy atom. The van der Waals surface area contributed by atoms with E-state index < -0.39 is 24.1 Å². The summed E-state index contributed by atoms with van der Waals surface area (Å²) in [5.74, 6) is -1.10. The van der Waals surface area contributed by atoms with Crippen molar-refractivity contribution in [3.05, 3.63) is 34.3 Å². The molecule has 2 amide bonds. The maximum atomic E-state index is 12.2. The Labute approximate surface area is 130 Å². The number of rotatable bonds is 3. The van der Waals surface area contributed by atoms with Crippen molar-refractivity contribution in [2.24, 2.45) is 0 Å². The lowest BCUT2D eigenvalue weighted by atomic mass is 10.1. The number of urea groups is 1. The number of carbonyl (C=O) groups excluding carboxylic acids is 1. The van der Waals surface area contributed by atoms with E-state index in [1.54, 1.807) is 0 Å². The van der Waals surface area contributed by atoms with E-state index in [9.17, 15) is 14.7 Å². The van der Waals surface area contributed by atoms with Crippen LogP contribution in [0, 0.1) is 0 Å². The van der Waals surface area contributed by atoms with Gasteiger partial charge in [-0.3, -0.25) is 0 Å². The molecule has 0 radical (unpaired) electrons. The van der Waals surface area contributed by atoms with E-state index >= 15 is 0 Å². The lowest BCUT2D eigenvalue weighted by molar-refractivity contribution is -0.141. The van der Waals surface area contributed by atoms with Gasteiger partial charge in [0, 0.05) is 17.4 Å². The molecule has 1 fully saturated rings. The highest BCUT2D eigenvalue weighted by Gasteiger charge is 2.39. The van der Waals surface area contributed by atoms with E-state index in [4.69, 9.17) is 5.11 Å². The molecule has 1 aromatic rings. The van der Waals surface area contributed by atoms with Gasteiger partial charge in [0.25, 0.3) is 0 Å². The molecule has 1 aliphatic rings. The number of halogens is 1. The summed E-state index contributed by atoms with van der Waals surface area (Å²) in [7, 11) is 0. The van der Waals surface area contributed by atoms with Crippen LogP contribution in [0.25, 0.3) is 0 Å². The highest BCUT2D eigenvalue weighted by molar-refractivity contribution is 9.10. The average Bonchev–Trinajstić information content (AvgIpc) is 2.81. The number of hydrogen-bond donors (Lipinski definition) is 3. The van der Waals surface area contributed by atoms with Gasteiger partial charge in [-0.2, -0.15) is 0 Å². The van der Waals surface area contributed by atoms with Crippen molar-refractivity contribution in [3.63, 3.8) is 0 Å². The number of β-amino-alcohol motifs (C(OH)–C–C–N with tert-alkyl or cyclic N) is 1. The third-order valence-corrected chi connectivity index (χ3v) is 4.01.